The molecule has 0 fully saturated rings. The van der Waals surface area contributed by atoms with Gasteiger partial charge in [-0.1, -0.05) is 36.5 Å². The fourth-order valence-electron chi connectivity index (χ4n) is 2.27. The molecule has 0 aliphatic carbocycles. The van der Waals surface area contributed by atoms with E-state index in [2.05, 4.69) is 17.5 Å². The molecule has 2 rings (SSSR count). The van der Waals surface area contributed by atoms with Crippen LogP contribution >= 0.6 is 23.2 Å². The summed E-state index contributed by atoms with van der Waals surface area (Å²) in [6.07, 6.45) is 3.55. The van der Waals surface area contributed by atoms with Crippen molar-refractivity contribution in [3.63, 3.8) is 0 Å². The van der Waals surface area contributed by atoms with Crippen molar-refractivity contribution >= 4 is 35.3 Å². The summed E-state index contributed by atoms with van der Waals surface area (Å²) in [6.45, 7) is 4.94. The Balaban J connectivity index is 1.89. The average molecular weight is 439 g/mol. The first kappa shape index (κ1) is 22.8. The summed E-state index contributed by atoms with van der Waals surface area (Å²) in [5.41, 5.74) is 3.17. The maximum Gasteiger partial charge on any atom is 0.277 e. The van der Waals surface area contributed by atoms with E-state index in [1.807, 2.05) is 25.1 Å². The van der Waals surface area contributed by atoms with Crippen LogP contribution in [0.1, 0.15) is 32.3 Å². The van der Waals surface area contributed by atoms with Crippen LogP contribution in [0.5, 0.6) is 17.2 Å². The van der Waals surface area contributed by atoms with Crippen molar-refractivity contribution in [3.8, 4) is 17.2 Å². The minimum Gasteiger partial charge on any atom is -0.490 e. The van der Waals surface area contributed by atoms with Gasteiger partial charge in [0, 0.05) is 5.02 Å². The van der Waals surface area contributed by atoms with Gasteiger partial charge in [-0.3, -0.25) is 4.79 Å². The van der Waals surface area contributed by atoms with Crippen molar-refractivity contribution in [3.05, 3.63) is 52.0 Å². The first-order valence-corrected chi connectivity index (χ1v) is 10.1. The number of hydrogen-bond acceptors (Lipinski definition) is 5. The van der Waals surface area contributed by atoms with Crippen molar-refractivity contribution in [1.29, 1.82) is 0 Å². The predicted octanol–water partition coefficient (Wildman–Crippen LogP) is 5.10. The highest BCUT2D eigenvalue weighted by molar-refractivity contribution is 6.35. The zero-order valence-electron chi connectivity index (χ0n) is 16.4. The standard InChI is InChI=1S/C21H24Cl2N2O4/c1-3-5-10-28-19-8-6-15(11-20(19)27-4-2)13-24-25-21(26)14-29-18-9-7-16(22)12-17(18)23/h6-9,11-13H,3-5,10,14H2,1-2H3,(H,25,26)/b24-13+. The summed E-state index contributed by atoms with van der Waals surface area (Å²) in [5.74, 6) is 1.28. The number of unbranched alkanes of at least 4 members (excludes halogenated alkanes) is 1. The van der Waals surface area contributed by atoms with E-state index in [0.717, 1.165) is 18.4 Å². The van der Waals surface area contributed by atoms with E-state index in [4.69, 9.17) is 37.4 Å². The normalized spacial score (nSPS) is 10.8. The lowest BCUT2D eigenvalue weighted by atomic mass is 10.2. The Hall–Kier alpha value is -2.44. The Bertz CT molecular complexity index is 843. The molecule has 0 aliphatic heterocycles. The molecular formula is C21H24Cl2N2O4. The number of ether oxygens (including phenoxy) is 3. The van der Waals surface area contributed by atoms with Crippen molar-refractivity contribution in [2.24, 2.45) is 5.10 Å². The average Bonchev–Trinajstić information content (AvgIpc) is 2.69. The molecule has 2 aromatic carbocycles. The summed E-state index contributed by atoms with van der Waals surface area (Å²) in [5, 5.41) is 4.76. The predicted molar refractivity (Wildman–Crippen MR) is 116 cm³/mol. The third-order valence-electron chi connectivity index (χ3n) is 3.68. The molecule has 0 heterocycles. The molecule has 0 saturated heterocycles. The molecule has 0 aromatic heterocycles. The van der Waals surface area contributed by atoms with Gasteiger partial charge in [0.2, 0.25) is 0 Å². The van der Waals surface area contributed by atoms with Crippen LogP contribution in [0.3, 0.4) is 0 Å². The second kappa shape index (κ2) is 12.2. The van der Waals surface area contributed by atoms with Crippen molar-refractivity contribution in [2.75, 3.05) is 19.8 Å². The number of nitrogens with one attached hydrogen (secondary N) is 1. The van der Waals surface area contributed by atoms with Crippen LogP contribution in [-0.4, -0.2) is 31.9 Å². The molecule has 6 nitrogen and oxygen atoms in total. The zero-order chi connectivity index (χ0) is 21.1. The monoisotopic (exact) mass is 438 g/mol. The number of hydrogen-bond donors (Lipinski definition) is 1. The zero-order valence-corrected chi connectivity index (χ0v) is 17.9. The molecule has 8 heteroatoms. The molecule has 0 atom stereocenters. The highest BCUT2D eigenvalue weighted by Crippen LogP contribution is 2.28. The number of halogens is 2. The molecule has 0 radical (unpaired) electrons. The Morgan fingerprint density at radius 3 is 2.55 bits per heavy atom. The molecule has 29 heavy (non-hydrogen) atoms. The quantitative estimate of drug-likeness (QED) is 0.301. The summed E-state index contributed by atoms with van der Waals surface area (Å²) in [4.78, 5) is 11.9. The molecule has 0 saturated carbocycles. The molecule has 0 unspecified atom stereocenters. The van der Waals surface area contributed by atoms with Gasteiger partial charge in [-0.15, -0.1) is 0 Å². The minimum atomic E-state index is -0.420. The third-order valence-corrected chi connectivity index (χ3v) is 4.21. The van der Waals surface area contributed by atoms with Crippen LogP contribution in [0.25, 0.3) is 0 Å². The van der Waals surface area contributed by atoms with Crippen LogP contribution in [0.4, 0.5) is 0 Å². The van der Waals surface area contributed by atoms with E-state index in [0.29, 0.717) is 40.5 Å². The van der Waals surface area contributed by atoms with Gasteiger partial charge in [-0.05, 0) is 55.3 Å². The van der Waals surface area contributed by atoms with Crippen molar-refractivity contribution in [1.82, 2.24) is 5.43 Å². The summed E-state index contributed by atoms with van der Waals surface area (Å²) in [6, 6.07) is 10.2. The lowest BCUT2D eigenvalue weighted by molar-refractivity contribution is -0.123. The van der Waals surface area contributed by atoms with Gasteiger partial charge < -0.3 is 14.2 Å². The number of carbonyl (C=O) groups excluding carboxylic acids is 1. The van der Waals surface area contributed by atoms with Crippen LogP contribution in [0.15, 0.2) is 41.5 Å². The van der Waals surface area contributed by atoms with Gasteiger partial charge in [-0.2, -0.15) is 5.10 Å². The van der Waals surface area contributed by atoms with E-state index in [9.17, 15) is 4.79 Å². The number of benzene rings is 2. The number of hydrazone groups is 1. The van der Waals surface area contributed by atoms with Gasteiger partial charge in [0.1, 0.15) is 5.75 Å². The van der Waals surface area contributed by atoms with Gasteiger partial charge in [0.05, 0.1) is 24.5 Å². The van der Waals surface area contributed by atoms with Crippen molar-refractivity contribution < 1.29 is 19.0 Å². The largest absolute Gasteiger partial charge is 0.490 e. The molecule has 0 spiro atoms. The minimum absolute atomic E-state index is 0.229. The van der Waals surface area contributed by atoms with Crippen molar-refractivity contribution in [2.45, 2.75) is 26.7 Å². The molecule has 156 valence electrons. The number of rotatable bonds is 11. The van der Waals surface area contributed by atoms with Crippen LogP contribution in [0, 0.1) is 0 Å². The molecular weight excluding hydrogens is 415 g/mol. The highest BCUT2D eigenvalue weighted by atomic mass is 35.5. The summed E-state index contributed by atoms with van der Waals surface area (Å²) >= 11 is 11.8. The maximum atomic E-state index is 11.9. The van der Waals surface area contributed by atoms with Gasteiger partial charge in [0.25, 0.3) is 5.91 Å². The van der Waals surface area contributed by atoms with E-state index in [-0.39, 0.29) is 6.61 Å². The fraction of sp³-hybridized carbons (Fsp3) is 0.333. The highest BCUT2D eigenvalue weighted by Gasteiger charge is 2.07. The van der Waals surface area contributed by atoms with Gasteiger partial charge in [0.15, 0.2) is 18.1 Å². The first-order chi connectivity index (χ1) is 14.0. The lowest BCUT2D eigenvalue weighted by Crippen LogP contribution is -2.24. The lowest BCUT2D eigenvalue weighted by Gasteiger charge is -2.12. The molecule has 0 aliphatic rings. The molecule has 1 amide bonds. The maximum absolute atomic E-state index is 11.9. The smallest absolute Gasteiger partial charge is 0.277 e. The fourth-order valence-corrected chi connectivity index (χ4v) is 2.73. The number of amides is 1. The second-order valence-corrected chi connectivity index (χ2v) is 6.84. The van der Waals surface area contributed by atoms with Crippen LogP contribution < -0.4 is 19.6 Å². The molecule has 0 bridgehead atoms. The second-order valence-electron chi connectivity index (χ2n) is 6.00. The van der Waals surface area contributed by atoms with Crippen LogP contribution in [0.2, 0.25) is 10.0 Å². The number of nitrogens with zero attached hydrogens (tertiary/aromatic N) is 1. The topological polar surface area (TPSA) is 69.2 Å². The van der Waals surface area contributed by atoms with Gasteiger partial charge in [-0.25, -0.2) is 5.43 Å². The van der Waals surface area contributed by atoms with E-state index >= 15 is 0 Å². The Labute approximate surface area is 180 Å². The number of carbonyl (C=O) groups is 1. The van der Waals surface area contributed by atoms with E-state index in [1.165, 1.54) is 6.21 Å². The Morgan fingerprint density at radius 2 is 1.83 bits per heavy atom. The van der Waals surface area contributed by atoms with E-state index in [1.54, 1.807) is 18.2 Å². The first-order valence-electron chi connectivity index (χ1n) is 9.32. The third kappa shape index (κ3) is 7.83. The van der Waals surface area contributed by atoms with Crippen LogP contribution in [-0.2, 0) is 4.79 Å². The Morgan fingerprint density at radius 1 is 1.03 bits per heavy atom. The molecule has 2 aromatic rings. The summed E-state index contributed by atoms with van der Waals surface area (Å²) < 4.78 is 16.7. The van der Waals surface area contributed by atoms with E-state index < -0.39 is 5.91 Å². The molecule has 1 N–H and O–H groups in total. The van der Waals surface area contributed by atoms with Gasteiger partial charge >= 0.3 is 0 Å². The summed E-state index contributed by atoms with van der Waals surface area (Å²) in [7, 11) is 0. The Kier molecular flexibility index (Phi) is 9.60. The SMILES string of the molecule is CCCCOc1ccc(/C=N/NC(=O)COc2ccc(Cl)cc2Cl)cc1OCC.